The second kappa shape index (κ2) is 5.72. The van der Waals surface area contributed by atoms with Crippen LogP contribution in [-0.2, 0) is 0 Å². The quantitative estimate of drug-likeness (QED) is 0.745. The first-order valence-electron chi connectivity index (χ1n) is 6.28. The van der Waals surface area contributed by atoms with Crippen molar-refractivity contribution in [2.45, 2.75) is 0 Å². The molecule has 0 aliphatic heterocycles. The van der Waals surface area contributed by atoms with E-state index < -0.39 is 0 Å². The van der Waals surface area contributed by atoms with Crippen LogP contribution in [0.5, 0.6) is 0 Å². The maximum Gasteiger partial charge on any atom is 0.142 e. The van der Waals surface area contributed by atoms with Gasteiger partial charge in [-0.05, 0) is 24.3 Å². The lowest BCUT2D eigenvalue weighted by Gasteiger charge is -2.09. The van der Waals surface area contributed by atoms with Gasteiger partial charge in [0.25, 0.3) is 0 Å². The Labute approximate surface area is 132 Å². The summed E-state index contributed by atoms with van der Waals surface area (Å²) < 4.78 is 0. The Morgan fingerprint density at radius 2 is 1.19 bits per heavy atom. The number of benzene rings is 2. The molecule has 3 aromatic rings. The van der Waals surface area contributed by atoms with Crippen LogP contribution in [0, 0.1) is 0 Å². The van der Waals surface area contributed by atoms with E-state index in [1.54, 1.807) is 6.20 Å². The minimum absolute atomic E-state index is 0.373. The molecule has 1 aromatic heterocycles. The van der Waals surface area contributed by atoms with E-state index in [0.717, 1.165) is 16.8 Å². The third kappa shape index (κ3) is 2.99. The molecule has 0 atom stereocenters. The van der Waals surface area contributed by atoms with Crippen molar-refractivity contribution in [3.05, 3.63) is 64.8 Å². The summed E-state index contributed by atoms with van der Waals surface area (Å²) >= 11 is 11.9. The Morgan fingerprint density at radius 1 is 0.714 bits per heavy atom. The van der Waals surface area contributed by atoms with Gasteiger partial charge in [-0.3, -0.25) is 4.98 Å². The molecule has 5 heteroatoms. The van der Waals surface area contributed by atoms with Crippen LogP contribution in [0.25, 0.3) is 22.5 Å². The second-order valence-corrected chi connectivity index (χ2v) is 5.38. The van der Waals surface area contributed by atoms with Crippen LogP contribution in [0.1, 0.15) is 0 Å². The first-order valence-corrected chi connectivity index (χ1v) is 7.03. The average Bonchev–Trinajstić information content (AvgIpc) is 2.49. The van der Waals surface area contributed by atoms with Crippen molar-refractivity contribution < 1.29 is 0 Å². The summed E-state index contributed by atoms with van der Waals surface area (Å²) in [5.74, 6) is 0.373. The van der Waals surface area contributed by atoms with Crippen molar-refractivity contribution in [3.63, 3.8) is 0 Å². The monoisotopic (exact) mass is 315 g/mol. The summed E-state index contributed by atoms with van der Waals surface area (Å²) in [5, 5.41) is 1.35. The summed E-state index contributed by atoms with van der Waals surface area (Å²) in [4.78, 5) is 8.82. The number of nitrogens with two attached hydrogens (primary N) is 1. The molecule has 0 amide bonds. The predicted octanol–water partition coefficient (Wildman–Crippen LogP) is 4.70. The topological polar surface area (TPSA) is 51.8 Å². The Bertz CT molecular complexity index is 769. The van der Waals surface area contributed by atoms with Crippen LogP contribution in [0.15, 0.2) is 54.7 Å². The number of nitrogen functional groups attached to an aromatic ring is 1. The van der Waals surface area contributed by atoms with Crippen LogP contribution >= 0.6 is 23.2 Å². The molecule has 2 N–H and O–H groups in total. The lowest BCUT2D eigenvalue weighted by Crippen LogP contribution is -1.98. The van der Waals surface area contributed by atoms with Crippen LogP contribution in [0.4, 0.5) is 5.82 Å². The number of hydrogen-bond donors (Lipinski definition) is 1. The van der Waals surface area contributed by atoms with Gasteiger partial charge in [-0.25, -0.2) is 4.98 Å². The van der Waals surface area contributed by atoms with E-state index in [-0.39, 0.29) is 0 Å². The Balaban J connectivity index is 2.17. The third-order valence-electron chi connectivity index (χ3n) is 3.03. The molecule has 0 radical (unpaired) electrons. The molecule has 0 unspecified atom stereocenters. The molecule has 0 spiro atoms. The van der Waals surface area contributed by atoms with E-state index in [2.05, 4.69) is 9.97 Å². The van der Waals surface area contributed by atoms with Gasteiger partial charge in [0.2, 0.25) is 0 Å². The van der Waals surface area contributed by atoms with Crippen LogP contribution in [0.3, 0.4) is 0 Å². The summed E-state index contributed by atoms with van der Waals surface area (Å²) in [6, 6.07) is 14.9. The zero-order valence-corrected chi connectivity index (χ0v) is 12.4. The van der Waals surface area contributed by atoms with Gasteiger partial charge in [0, 0.05) is 21.2 Å². The van der Waals surface area contributed by atoms with E-state index in [0.29, 0.717) is 21.6 Å². The number of rotatable bonds is 2. The largest absolute Gasteiger partial charge is 0.382 e. The number of halogens is 2. The Hall–Kier alpha value is -2.10. The van der Waals surface area contributed by atoms with E-state index >= 15 is 0 Å². The minimum atomic E-state index is 0.373. The fourth-order valence-electron chi connectivity index (χ4n) is 2.03. The highest BCUT2D eigenvalue weighted by Crippen LogP contribution is 2.30. The van der Waals surface area contributed by atoms with Gasteiger partial charge in [0.15, 0.2) is 0 Å². The van der Waals surface area contributed by atoms with E-state index in [1.165, 1.54) is 0 Å². The van der Waals surface area contributed by atoms with Gasteiger partial charge in [0.1, 0.15) is 5.82 Å². The highest BCUT2D eigenvalue weighted by molar-refractivity contribution is 6.31. The Morgan fingerprint density at radius 3 is 1.71 bits per heavy atom. The number of aromatic nitrogens is 2. The zero-order valence-electron chi connectivity index (χ0n) is 10.9. The van der Waals surface area contributed by atoms with Crippen molar-refractivity contribution in [1.29, 1.82) is 0 Å². The van der Waals surface area contributed by atoms with Gasteiger partial charge in [-0.15, -0.1) is 0 Å². The molecule has 0 saturated carbocycles. The minimum Gasteiger partial charge on any atom is -0.382 e. The fourth-order valence-corrected chi connectivity index (χ4v) is 2.28. The molecular formula is C16H11Cl2N3. The first kappa shape index (κ1) is 13.9. The molecular weight excluding hydrogens is 305 g/mol. The summed E-state index contributed by atoms with van der Waals surface area (Å²) in [5.41, 5.74) is 9.08. The van der Waals surface area contributed by atoms with Crippen molar-refractivity contribution in [2.75, 3.05) is 5.73 Å². The fraction of sp³-hybridized carbons (Fsp3) is 0. The molecule has 0 saturated heterocycles. The lowest BCUT2D eigenvalue weighted by molar-refractivity contribution is 1.22. The first-order chi connectivity index (χ1) is 10.1. The van der Waals surface area contributed by atoms with E-state index in [9.17, 15) is 0 Å². The maximum atomic E-state index is 5.93. The SMILES string of the molecule is Nc1cnc(-c2ccc(Cl)cc2)c(-c2ccc(Cl)cc2)n1. The van der Waals surface area contributed by atoms with Gasteiger partial charge >= 0.3 is 0 Å². The molecule has 21 heavy (non-hydrogen) atoms. The van der Waals surface area contributed by atoms with Crippen LogP contribution in [-0.4, -0.2) is 9.97 Å². The molecule has 0 aliphatic carbocycles. The normalized spacial score (nSPS) is 10.6. The van der Waals surface area contributed by atoms with E-state index in [1.807, 2.05) is 48.5 Å². The molecule has 0 bridgehead atoms. The summed E-state index contributed by atoms with van der Waals surface area (Å²) in [6.07, 6.45) is 1.54. The number of anilines is 1. The van der Waals surface area contributed by atoms with Gasteiger partial charge in [-0.1, -0.05) is 47.5 Å². The second-order valence-electron chi connectivity index (χ2n) is 4.51. The van der Waals surface area contributed by atoms with Gasteiger partial charge in [-0.2, -0.15) is 0 Å². The molecule has 104 valence electrons. The zero-order chi connectivity index (χ0) is 14.8. The van der Waals surface area contributed by atoms with Gasteiger partial charge in [0.05, 0.1) is 17.6 Å². The maximum absolute atomic E-state index is 5.93. The van der Waals surface area contributed by atoms with Crippen molar-refractivity contribution in [3.8, 4) is 22.5 Å². The van der Waals surface area contributed by atoms with Crippen molar-refractivity contribution in [1.82, 2.24) is 9.97 Å². The molecule has 2 aromatic carbocycles. The lowest BCUT2D eigenvalue weighted by atomic mass is 10.0. The molecule has 3 nitrogen and oxygen atoms in total. The smallest absolute Gasteiger partial charge is 0.142 e. The summed E-state index contributed by atoms with van der Waals surface area (Å²) in [6.45, 7) is 0. The molecule has 0 aliphatic rings. The third-order valence-corrected chi connectivity index (χ3v) is 3.53. The van der Waals surface area contributed by atoms with Crippen molar-refractivity contribution in [2.24, 2.45) is 0 Å². The molecule has 0 fully saturated rings. The summed E-state index contributed by atoms with van der Waals surface area (Å²) in [7, 11) is 0. The number of nitrogens with zero attached hydrogens (tertiary/aromatic N) is 2. The molecule has 1 heterocycles. The number of hydrogen-bond acceptors (Lipinski definition) is 3. The highest BCUT2D eigenvalue weighted by atomic mass is 35.5. The molecule has 3 rings (SSSR count). The predicted molar refractivity (Wildman–Crippen MR) is 87.3 cm³/mol. The van der Waals surface area contributed by atoms with Crippen LogP contribution in [0.2, 0.25) is 10.0 Å². The van der Waals surface area contributed by atoms with Crippen LogP contribution < -0.4 is 5.73 Å². The van der Waals surface area contributed by atoms with Crippen molar-refractivity contribution >= 4 is 29.0 Å². The van der Waals surface area contributed by atoms with Gasteiger partial charge < -0.3 is 5.73 Å². The highest BCUT2D eigenvalue weighted by Gasteiger charge is 2.11. The standard InChI is InChI=1S/C16H11Cl2N3/c17-12-5-1-10(2-6-12)15-16(21-14(19)9-20-15)11-3-7-13(18)8-4-11/h1-9H,(H2,19,21). The van der Waals surface area contributed by atoms with E-state index in [4.69, 9.17) is 28.9 Å². The average molecular weight is 316 g/mol. The Kier molecular flexibility index (Phi) is 3.78.